The van der Waals surface area contributed by atoms with Crippen molar-refractivity contribution >= 4 is 6.98 Å². The second-order valence-corrected chi connectivity index (χ2v) is 3.66. The largest absolute Gasteiger partial charge is 1.00 e. The molecule has 0 aromatic heterocycles. The van der Waals surface area contributed by atoms with E-state index < -0.39 is 42.4 Å². The van der Waals surface area contributed by atoms with Crippen LogP contribution in [0.3, 0.4) is 0 Å². The molecule has 0 fully saturated rings. The van der Waals surface area contributed by atoms with Gasteiger partial charge in [0, 0.05) is 0 Å². The molecule has 20 heavy (non-hydrogen) atoms. The van der Waals surface area contributed by atoms with Crippen LogP contribution in [0, 0.1) is 5.82 Å². The predicted octanol–water partition coefficient (Wildman–Crippen LogP) is 1.17. The second-order valence-electron chi connectivity index (χ2n) is 3.66. The Kier molecular flexibility index (Phi) is 7.29. The number of hydrogen-bond donors (Lipinski definition) is 0. The maximum Gasteiger partial charge on any atom is 1.00 e. The van der Waals surface area contributed by atoms with Crippen LogP contribution < -0.4 is 56.1 Å². The van der Waals surface area contributed by atoms with E-state index in [-0.39, 0.29) is 51.4 Å². The minimum Gasteiger partial charge on any atom is -0.492 e. The Labute approximate surface area is 152 Å². The van der Waals surface area contributed by atoms with Gasteiger partial charge in [-0.1, -0.05) is 0 Å². The fourth-order valence-electron chi connectivity index (χ4n) is 1.08. The molecular formula is C10H7BF7KO. The Morgan fingerprint density at radius 1 is 1.20 bits per heavy atom. The van der Waals surface area contributed by atoms with Gasteiger partial charge in [0.05, 0.1) is 12.2 Å². The summed E-state index contributed by atoms with van der Waals surface area (Å²) in [6.07, 6.45) is -4.95. The summed E-state index contributed by atoms with van der Waals surface area (Å²) < 4.78 is 90.8. The summed E-state index contributed by atoms with van der Waals surface area (Å²) >= 11 is 0. The van der Waals surface area contributed by atoms with Gasteiger partial charge in [0.2, 0.25) is 0 Å². The van der Waals surface area contributed by atoms with Crippen LogP contribution in [0.4, 0.5) is 30.5 Å². The zero-order chi connectivity index (χ0) is 14.8. The van der Waals surface area contributed by atoms with Crippen LogP contribution in [0.25, 0.3) is 0 Å². The maximum atomic E-state index is 12.9. The fourth-order valence-corrected chi connectivity index (χ4v) is 1.08. The maximum absolute atomic E-state index is 12.9. The van der Waals surface area contributed by atoms with E-state index in [0.717, 1.165) is 6.07 Å². The van der Waals surface area contributed by atoms with E-state index in [9.17, 15) is 30.5 Å². The summed E-state index contributed by atoms with van der Waals surface area (Å²) in [5.74, 6) is -2.05. The van der Waals surface area contributed by atoms with E-state index >= 15 is 0 Å². The van der Waals surface area contributed by atoms with Crippen molar-refractivity contribution in [1.29, 1.82) is 0 Å². The molecule has 0 atom stereocenters. The first kappa shape index (κ1) is 20.0. The third kappa shape index (κ3) is 5.76. The van der Waals surface area contributed by atoms with Crippen LogP contribution in [-0.4, -0.2) is 13.6 Å². The minimum atomic E-state index is -5.33. The first-order valence-corrected chi connectivity index (χ1v) is 4.89. The van der Waals surface area contributed by atoms with Crippen LogP contribution in [0.2, 0.25) is 0 Å². The Morgan fingerprint density at radius 2 is 1.75 bits per heavy atom. The zero-order valence-corrected chi connectivity index (χ0v) is 13.4. The number of alkyl halides is 3. The molecule has 0 N–H and O–H groups in total. The molecule has 0 unspecified atom stereocenters. The molecule has 10 heteroatoms. The summed E-state index contributed by atoms with van der Waals surface area (Å²) in [6.45, 7) is -3.62. The van der Waals surface area contributed by atoms with Gasteiger partial charge in [-0.3, -0.25) is 0 Å². The molecule has 0 saturated heterocycles. The zero-order valence-electron chi connectivity index (χ0n) is 10.3. The minimum absolute atomic E-state index is 0. The third-order valence-corrected chi connectivity index (χ3v) is 2.13. The molecule has 0 amide bonds. The molecule has 1 nitrogen and oxygen atoms in total. The van der Waals surface area contributed by atoms with E-state index in [1.807, 2.05) is 0 Å². The summed E-state index contributed by atoms with van der Waals surface area (Å²) in [5.41, 5.74) is -2.80. The number of halogens is 7. The van der Waals surface area contributed by atoms with E-state index in [0.29, 0.717) is 12.1 Å². The monoisotopic (exact) mass is 326 g/mol. The van der Waals surface area contributed by atoms with Crippen LogP contribution in [-0.2, 0) is 6.18 Å². The Balaban J connectivity index is 0.00000361. The van der Waals surface area contributed by atoms with Gasteiger partial charge in [0.15, 0.2) is 0 Å². The standard InChI is InChI=1S/C10H7BF7O.K/c1-6(11(16,17)18)5-19-7-2-3-9(12)8(4-7)10(13,14)15;/h2-4H,1,5H2;/q-1;+1. The van der Waals surface area contributed by atoms with Gasteiger partial charge in [-0.05, 0) is 18.2 Å². The molecule has 0 aliphatic rings. The van der Waals surface area contributed by atoms with Crippen LogP contribution >= 0.6 is 0 Å². The molecule has 1 aromatic rings. The normalized spacial score (nSPS) is 11.8. The van der Waals surface area contributed by atoms with Gasteiger partial charge in [0.25, 0.3) is 0 Å². The smallest absolute Gasteiger partial charge is 0.492 e. The molecule has 0 saturated carbocycles. The van der Waals surface area contributed by atoms with Crippen molar-refractivity contribution in [2.45, 2.75) is 6.18 Å². The number of rotatable bonds is 4. The first-order valence-electron chi connectivity index (χ1n) is 4.89. The van der Waals surface area contributed by atoms with Crippen molar-refractivity contribution in [1.82, 2.24) is 0 Å². The number of hydrogen-bond acceptors (Lipinski definition) is 1. The van der Waals surface area contributed by atoms with Gasteiger partial charge in [-0.15, -0.1) is 12.1 Å². The second kappa shape index (κ2) is 7.30. The van der Waals surface area contributed by atoms with Gasteiger partial charge in [-0.2, -0.15) is 13.2 Å². The molecular weight excluding hydrogens is 319 g/mol. The summed E-state index contributed by atoms with van der Waals surface area (Å²) in [6, 6.07) is 1.58. The summed E-state index contributed by atoms with van der Waals surface area (Å²) in [5, 5.41) is 0. The fraction of sp³-hybridized carbons (Fsp3) is 0.200. The molecule has 0 aliphatic carbocycles. The SMILES string of the molecule is C=C(COc1ccc(F)c(C(F)(F)F)c1)[B-](F)(F)F.[K+]. The van der Waals surface area contributed by atoms with E-state index in [4.69, 9.17) is 0 Å². The molecule has 0 bridgehead atoms. The Hall–Kier alpha value is -0.0287. The summed E-state index contributed by atoms with van der Waals surface area (Å²) in [7, 11) is 0. The van der Waals surface area contributed by atoms with Crippen molar-refractivity contribution < 1.29 is 86.6 Å². The topological polar surface area (TPSA) is 9.23 Å². The average molecular weight is 326 g/mol. The van der Waals surface area contributed by atoms with Crippen molar-refractivity contribution in [2.75, 3.05) is 6.61 Å². The molecule has 106 valence electrons. The van der Waals surface area contributed by atoms with Gasteiger partial charge in [-0.25, -0.2) is 4.39 Å². The third-order valence-electron chi connectivity index (χ3n) is 2.13. The van der Waals surface area contributed by atoms with E-state index in [1.165, 1.54) is 0 Å². The quantitative estimate of drug-likeness (QED) is 0.596. The Bertz CT molecular complexity index is 483. The molecule has 0 heterocycles. The molecule has 0 spiro atoms. The molecule has 0 aliphatic heterocycles. The van der Waals surface area contributed by atoms with Crippen molar-refractivity contribution in [3.63, 3.8) is 0 Å². The van der Waals surface area contributed by atoms with Crippen molar-refractivity contribution in [2.24, 2.45) is 0 Å². The first-order chi connectivity index (χ1) is 8.51. The van der Waals surface area contributed by atoms with E-state index in [1.54, 1.807) is 0 Å². The van der Waals surface area contributed by atoms with Crippen LogP contribution in [0.5, 0.6) is 5.75 Å². The predicted molar refractivity (Wildman–Crippen MR) is 55.1 cm³/mol. The van der Waals surface area contributed by atoms with Gasteiger partial charge in [0.1, 0.15) is 11.6 Å². The average Bonchev–Trinajstić information content (AvgIpc) is 2.24. The van der Waals surface area contributed by atoms with Crippen LogP contribution in [0.1, 0.15) is 5.56 Å². The van der Waals surface area contributed by atoms with Gasteiger partial charge >= 0.3 is 64.5 Å². The van der Waals surface area contributed by atoms with Crippen molar-refractivity contribution in [3.8, 4) is 5.75 Å². The van der Waals surface area contributed by atoms with Crippen molar-refractivity contribution in [3.05, 3.63) is 41.6 Å². The van der Waals surface area contributed by atoms with Crippen LogP contribution in [0.15, 0.2) is 30.3 Å². The summed E-state index contributed by atoms with van der Waals surface area (Å²) in [4.78, 5) is 0. The molecule has 1 rings (SSSR count). The number of ether oxygens (including phenoxy) is 1. The van der Waals surface area contributed by atoms with E-state index in [2.05, 4.69) is 11.3 Å². The Morgan fingerprint density at radius 3 is 2.20 bits per heavy atom. The van der Waals surface area contributed by atoms with Gasteiger partial charge < -0.3 is 17.7 Å². The molecule has 1 aromatic carbocycles. The number of benzene rings is 1. The molecule has 0 radical (unpaired) electrons.